The minimum Gasteiger partial charge on any atom is -0.467 e. The van der Waals surface area contributed by atoms with Gasteiger partial charge in [0.15, 0.2) is 0 Å². The highest BCUT2D eigenvalue weighted by molar-refractivity contribution is 5.90. The van der Waals surface area contributed by atoms with Crippen LogP contribution in [-0.2, 0) is 23.9 Å². The molecule has 1 aliphatic rings. The largest absolute Gasteiger partial charge is 0.467 e. The van der Waals surface area contributed by atoms with Gasteiger partial charge in [0.1, 0.15) is 6.04 Å². The standard InChI is InChI=1S/C16H27N3O6/c1-10-11(14(21)17-2)6-5-9-25-16(23)19(3)8-7-12(15(22)24-4)18-13(10)20/h10-12H,5-9H2,1-4H3,(H,17,21)(H,18,20). The van der Waals surface area contributed by atoms with Crippen molar-refractivity contribution in [1.82, 2.24) is 15.5 Å². The van der Waals surface area contributed by atoms with Gasteiger partial charge in [-0.2, -0.15) is 0 Å². The number of methoxy groups -OCH3 is 1. The van der Waals surface area contributed by atoms with Crippen LogP contribution in [0.2, 0.25) is 0 Å². The van der Waals surface area contributed by atoms with Gasteiger partial charge in [0.05, 0.1) is 13.7 Å². The molecule has 1 heterocycles. The summed E-state index contributed by atoms with van der Waals surface area (Å²) in [6.45, 7) is 2.01. The second kappa shape index (κ2) is 9.85. The third-order valence-corrected chi connectivity index (χ3v) is 4.35. The molecule has 0 aromatic heterocycles. The highest BCUT2D eigenvalue weighted by atomic mass is 16.6. The van der Waals surface area contributed by atoms with Gasteiger partial charge in [-0.3, -0.25) is 9.59 Å². The maximum atomic E-state index is 12.5. The molecule has 0 radical (unpaired) electrons. The number of nitrogens with one attached hydrogen (secondary N) is 2. The Kier molecular flexibility index (Phi) is 8.17. The number of amides is 3. The first-order valence-electron chi connectivity index (χ1n) is 8.29. The Morgan fingerprint density at radius 1 is 1.32 bits per heavy atom. The molecule has 0 saturated carbocycles. The van der Waals surface area contributed by atoms with E-state index in [1.165, 1.54) is 19.1 Å². The third kappa shape index (κ3) is 5.91. The summed E-state index contributed by atoms with van der Waals surface area (Å²) in [7, 11) is 4.28. The molecule has 0 aromatic carbocycles. The Hall–Kier alpha value is -2.32. The zero-order valence-corrected chi connectivity index (χ0v) is 15.2. The fourth-order valence-corrected chi connectivity index (χ4v) is 2.66. The number of carbonyl (C=O) groups is 4. The van der Waals surface area contributed by atoms with Crippen molar-refractivity contribution < 1.29 is 28.7 Å². The predicted molar refractivity (Wildman–Crippen MR) is 88.5 cm³/mol. The number of nitrogens with zero attached hydrogens (tertiary/aromatic N) is 1. The number of rotatable bonds is 2. The Balaban J connectivity index is 3.01. The van der Waals surface area contributed by atoms with Crippen molar-refractivity contribution in [2.75, 3.05) is 34.4 Å². The molecular weight excluding hydrogens is 330 g/mol. The van der Waals surface area contributed by atoms with E-state index < -0.39 is 35.8 Å². The van der Waals surface area contributed by atoms with E-state index in [0.29, 0.717) is 12.8 Å². The molecule has 3 amide bonds. The van der Waals surface area contributed by atoms with E-state index in [9.17, 15) is 19.2 Å². The zero-order chi connectivity index (χ0) is 19.0. The topological polar surface area (TPSA) is 114 Å². The Bertz CT molecular complexity index is 510. The Morgan fingerprint density at radius 3 is 2.60 bits per heavy atom. The van der Waals surface area contributed by atoms with Crippen LogP contribution in [0.15, 0.2) is 0 Å². The molecule has 1 rings (SSSR count). The average molecular weight is 357 g/mol. The van der Waals surface area contributed by atoms with Gasteiger partial charge < -0.3 is 25.0 Å². The summed E-state index contributed by atoms with van der Waals surface area (Å²) in [6, 6.07) is -0.902. The van der Waals surface area contributed by atoms with Gasteiger partial charge in [0.2, 0.25) is 11.8 Å². The fourth-order valence-electron chi connectivity index (χ4n) is 2.66. The van der Waals surface area contributed by atoms with Gasteiger partial charge in [0, 0.05) is 32.5 Å². The van der Waals surface area contributed by atoms with Gasteiger partial charge in [-0.15, -0.1) is 0 Å². The van der Waals surface area contributed by atoms with Crippen LogP contribution in [-0.4, -0.2) is 69.2 Å². The fraction of sp³-hybridized carbons (Fsp3) is 0.750. The molecule has 1 aliphatic heterocycles. The molecule has 1 fully saturated rings. The lowest BCUT2D eigenvalue weighted by Crippen LogP contribution is -2.48. The molecule has 3 atom stereocenters. The first-order valence-corrected chi connectivity index (χ1v) is 8.29. The molecule has 0 spiro atoms. The van der Waals surface area contributed by atoms with E-state index in [1.807, 2.05) is 0 Å². The van der Waals surface area contributed by atoms with E-state index in [0.717, 1.165) is 0 Å². The van der Waals surface area contributed by atoms with Crippen LogP contribution in [0.25, 0.3) is 0 Å². The maximum Gasteiger partial charge on any atom is 0.409 e. The van der Waals surface area contributed by atoms with Crippen molar-refractivity contribution in [3.05, 3.63) is 0 Å². The molecule has 3 unspecified atom stereocenters. The normalized spacial score (nSPS) is 26.2. The van der Waals surface area contributed by atoms with Gasteiger partial charge >= 0.3 is 12.1 Å². The highest BCUT2D eigenvalue weighted by Gasteiger charge is 2.32. The van der Waals surface area contributed by atoms with Crippen molar-refractivity contribution in [2.45, 2.75) is 32.2 Å². The molecule has 9 heteroatoms. The van der Waals surface area contributed by atoms with E-state index in [-0.39, 0.29) is 25.5 Å². The molecule has 0 aromatic rings. The first kappa shape index (κ1) is 20.7. The maximum absolute atomic E-state index is 12.5. The summed E-state index contributed by atoms with van der Waals surface area (Å²) < 4.78 is 9.86. The van der Waals surface area contributed by atoms with E-state index >= 15 is 0 Å². The summed E-state index contributed by atoms with van der Waals surface area (Å²) >= 11 is 0. The molecule has 0 aliphatic carbocycles. The number of hydrogen-bond acceptors (Lipinski definition) is 6. The second-order valence-corrected chi connectivity index (χ2v) is 6.06. The van der Waals surface area contributed by atoms with Gasteiger partial charge in [-0.25, -0.2) is 9.59 Å². The number of cyclic esters (lactones) is 1. The van der Waals surface area contributed by atoms with Crippen molar-refractivity contribution in [3.8, 4) is 0 Å². The monoisotopic (exact) mass is 357 g/mol. The van der Waals surface area contributed by atoms with Crippen molar-refractivity contribution >= 4 is 23.9 Å². The van der Waals surface area contributed by atoms with Crippen LogP contribution in [0, 0.1) is 11.8 Å². The van der Waals surface area contributed by atoms with Crippen molar-refractivity contribution in [1.29, 1.82) is 0 Å². The molecule has 2 N–H and O–H groups in total. The highest BCUT2D eigenvalue weighted by Crippen LogP contribution is 2.19. The molecule has 0 bridgehead atoms. The molecule has 142 valence electrons. The van der Waals surface area contributed by atoms with Crippen LogP contribution >= 0.6 is 0 Å². The van der Waals surface area contributed by atoms with Crippen LogP contribution < -0.4 is 10.6 Å². The lowest BCUT2D eigenvalue weighted by atomic mass is 9.88. The first-order chi connectivity index (χ1) is 11.8. The van der Waals surface area contributed by atoms with Crippen LogP contribution in [0.5, 0.6) is 0 Å². The molecule has 25 heavy (non-hydrogen) atoms. The Labute approximate surface area is 147 Å². The van der Waals surface area contributed by atoms with E-state index in [4.69, 9.17) is 9.47 Å². The second-order valence-electron chi connectivity index (χ2n) is 6.06. The zero-order valence-electron chi connectivity index (χ0n) is 15.2. The Morgan fingerprint density at radius 2 is 2.00 bits per heavy atom. The number of ether oxygens (including phenoxy) is 2. The summed E-state index contributed by atoms with van der Waals surface area (Å²) in [5.41, 5.74) is 0. The molecule has 9 nitrogen and oxygen atoms in total. The minimum absolute atomic E-state index is 0.158. The summed E-state index contributed by atoms with van der Waals surface area (Å²) in [5, 5.41) is 5.17. The number of hydrogen-bond donors (Lipinski definition) is 2. The van der Waals surface area contributed by atoms with Crippen LogP contribution in [0.4, 0.5) is 4.79 Å². The van der Waals surface area contributed by atoms with Crippen molar-refractivity contribution in [3.63, 3.8) is 0 Å². The van der Waals surface area contributed by atoms with E-state index in [2.05, 4.69) is 10.6 Å². The van der Waals surface area contributed by atoms with Gasteiger partial charge in [-0.1, -0.05) is 6.92 Å². The number of esters is 1. The average Bonchev–Trinajstić information content (AvgIpc) is 2.62. The predicted octanol–water partition coefficient (Wildman–Crippen LogP) is -0.105. The minimum atomic E-state index is -0.902. The molecular formula is C16H27N3O6. The van der Waals surface area contributed by atoms with Gasteiger partial charge in [-0.05, 0) is 19.3 Å². The lowest BCUT2D eigenvalue weighted by molar-refractivity contribution is -0.146. The quantitative estimate of drug-likeness (QED) is 0.667. The smallest absolute Gasteiger partial charge is 0.409 e. The van der Waals surface area contributed by atoms with Crippen LogP contribution in [0.1, 0.15) is 26.2 Å². The summed E-state index contributed by atoms with van der Waals surface area (Å²) in [5.74, 6) is -2.50. The number of carbonyl (C=O) groups excluding carboxylic acids is 4. The third-order valence-electron chi connectivity index (χ3n) is 4.35. The van der Waals surface area contributed by atoms with E-state index in [1.54, 1.807) is 14.0 Å². The summed E-state index contributed by atoms with van der Waals surface area (Å²) in [6.07, 6.45) is 0.504. The molecule has 1 saturated heterocycles. The lowest BCUT2D eigenvalue weighted by Gasteiger charge is -2.24. The SMILES string of the molecule is CNC(=O)C1CCCOC(=O)N(C)CCC(C(=O)OC)NC(=O)C1C. The van der Waals surface area contributed by atoms with Gasteiger partial charge in [0.25, 0.3) is 0 Å². The van der Waals surface area contributed by atoms with Crippen LogP contribution in [0.3, 0.4) is 0 Å². The van der Waals surface area contributed by atoms with Crippen molar-refractivity contribution in [2.24, 2.45) is 11.8 Å². The summed E-state index contributed by atoms with van der Waals surface area (Å²) in [4.78, 5) is 49.7.